The summed E-state index contributed by atoms with van der Waals surface area (Å²) in [5.74, 6) is 0.694. The molecule has 0 atom stereocenters. The Kier molecular flexibility index (Phi) is 2.83. The van der Waals surface area contributed by atoms with Gasteiger partial charge in [0.1, 0.15) is 0 Å². The van der Waals surface area contributed by atoms with Crippen molar-refractivity contribution in [2.24, 2.45) is 0 Å². The van der Waals surface area contributed by atoms with Crippen LogP contribution in [-0.2, 0) is 0 Å². The number of hydrogen-bond donors (Lipinski definition) is 2. The summed E-state index contributed by atoms with van der Waals surface area (Å²) in [6.45, 7) is 1.98. The van der Waals surface area contributed by atoms with E-state index in [1.165, 1.54) is 0 Å². The third-order valence-corrected chi connectivity index (χ3v) is 4.71. The standard InChI is InChI=1S/C15H11ClN4S/c1-8-9(16)6-7-12-13(8)19-15(21-12)20-14-17-10-4-2-3-5-11(10)18-14/h2-7H,1H3,(H2,17,18,19,20). The molecule has 0 aliphatic carbocycles. The molecule has 0 radical (unpaired) electrons. The zero-order valence-corrected chi connectivity index (χ0v) is 12.7. The lowest BCUT2D eigenvalue weighted by molar-refractivity contribution is 1.29. The highest BCUT2D eigenvalue weighted by atomic mass is 35.5. The van der Waals surface area contributed by atoms with Gasteiger partial charge in [0, 0.05) is 5.02 Å². The predicted molar refractivity (Wildman–Crippen MR) is 88.7 cm³/mol. The minimum Gasteiger partial charge on any atom is -0.324 e. The number of anilines is 2. The number of thiazole rings is 1. The Morgan fingerprint density at radius 3 is 2.86 bits per heavy atom. The van der Waals surface area contributed by atoms with Crippen LogP contribution in [0.5, 0.6) is 0 Å². The van der Waals surface area contributed by atoms with Crippen molar-refractivity contribution in [2.45, 2.75) is 6.92 Å². The van der Waals surface area contributed by atoms with E-state index in [1.54, 1.807) is 11.3 Å². The van der Waals surface area contributed by atoms with Crippen LogP contribution in [-0.4, -0.2) is 15.0 Å². The number of halogens is 1. The summed E-state index contributed by atoms with van der Waals surface area (Å²) in [5.41, 5.74) is 3.87. The largest absolute Gasteiger partial charge is 0.324 e. The lowest BCUT2D eigenvalue weighted by Gasteiger charge is -1.96. The van der Waals surface area contributed by atoms with Gasteiger partial charge in [-0.25, -0.2) is 9.97 Å². The van der Waals surface area contributed by atoms with Crippen LogP contribution in [0.4, 0.5) is 11.1 Å². The van der Waals surface area contributed by atoms with Crippen LogP contribution in [0.1, 0.15) is 5.56 Å². The van der Waals surface area contributed by atoms with Crippen molar-refractivity contribution in [3.8, 4) is 0 Å². The van der Waals surface area contributed by atoms with Crippen LogP contribution in [0.2, 0.25) is 5.02 Å². The normalized spacial score (nSPS) is 11.3. The van der Waals surface area contributed by atoms with Crippen molar-refractivity contribution < 1.29 is 0 Å². The van der Waals surface area contributed by atoms with Gasteiger partial charge in [-0.3, -0.25) is 0 Å². The molecule has 4 aromatic rings. The van der Waals surface area contributed by atoms with Gasteiger partial charge in [0.25, 0.3) is 0 Å². The van der Waals surface area contributed by atoms with Crippen molar-refractivity contribution in [1.82, 2.24) is 15.0 Å². The Morgan fingerprint density at radius 1 is 1.14 bits per heavy atom. The average molecular weight is 315 g/mol. The van der Waals surface area contributed by atoms with Crippen LogP contribution >= 0.6 is 22.9 Å². The quantitative estimate of drug-likeness (QED) is 0.554. The number of imidazole rings is 1. The first-order valence-electron chi connectivity index (χ1n) is 6.48. The van der Waals surface area contributed by atoms with Gasteiger partial charge >= 0.3 is 0 Å². The van der Waals surface area contributed by atoms with E-state index in [1.807, 2.05) is 43.3 Å². The molecule has 0 bridgehead atoms. The van der Waals surface area contributed by atoms with E-state index in [0.717, 1.165) is 37.0 Å². The molecule has 0 aliphatic heterocycles. The summed E-state index contributed by atoms with van der Waals surface area (Å²) in [6, 6.07) is 11.8. The van der Waals surface area contributed by atoms with E-state index >= 15 is 0 Å². The number of hydrogen-bond acceptors (Lipinski definition) is 4. The van der Waals surface area contributed by atoms with E-state index in [-0.39, 0.29) is 0 Å². The fourth-order valence-electron chi connectivity index (χ4n) is 2.27. The molecule has 4 rings (SSSR count). The molecular weight excluding hydrogens is 304 g/mol. The minimum absolute atomic E-state index is 0.694. The monoisotopic (exact) mass is 314 g/mol. The lowest BCUT2D eigenvalue weighted by Crippen LogP contribution is -1.91. The molecule has 2 N–H and O–H groups in total. The summed E-state index contributed by atoms with van der Waals surface area (Å²) in [4.78, 5) is 12.3. The highest BCUT2D eigenvalue weighted by Gasteiger charge is 2.10. The number of nitrogens with zero attached hydrogens (tertiary/aromatic N) is 2. The molecule has 104 valence electrons. The summed E-state index contributed by atoms with van der Waals surface area (Å²) in [5, 5.41) is 4.77. The second-order valence-electron chi connectivity index (χ2n) is 4.77. The molecule has 0 unspecified atom stereocenters. The van der Waals surface area contributed by atoms with Crippen molar-refractivity contribution in [1.29, 1.82) is 0 Å². The van der Waals surface area contributed by atoms with Gasteiger partial charge in [-0.15, -0.1) is 0 Å². The number of H-pyrrole nitrogens is 1. The molecule has 0 fully saturated rings. The van der Waals surface area contributed by atoms with Gasteiger partial charge < -0.3 is 10.3 Å². The van der Waals surface area contributed by atoms with E-state index in [2.05, 4.69) is 20.3 Å². The average Bonchev–Trinajstić information content (AvgIpc) is 3.06. The lowest BCUT2D eigenvalue weighted by atomic mass is 10.2. The van der Waals surface area contributed by atoms with Gasteiger partial charge in [-0.1, -0.05) is 35.1 Å². The fraction of sp³-hybridized carbons (Fsp3) is 0.0667. The van der Waals surface area contributed by atoms with Crippen molar-refractivity contribution >= 4 is 55.3 Å². The number of aryl methyl sites for hydroxylation is 1. The maximum Gasteiger partial charge on any atom is 0.207 e. The number of rotatable bonds is 2. The van der Waals surface area contributed by atoms with Gasteiger partial charge in [0.2, 0.25) is 5.95 Å². The highest BCUT2D eigenvalue weighted by molar-refractivity contribution is 7.22. The Bertz CT molecular complexity index is 924. The van der Waals surface area contributed by atoms with Crippen molar-refractivity contribution in [3.63, 3.8) is 0 Å². The molecule has 0 saturated heterocycles. The molecular formula is C15H11ClN4S. The van der Waals surface area contributed by atoms with Gasteiger partial charge in [-0.2, -0.15) is 0 Å². The zero-order chi connectivity index (χ0) is 14.4. The zero-order valence-electron chi connectivity index (χ0n) is 11.1. The van der Waals surface area contributed by atoms with E-state index < -0.39 is 0 Å². The Balaban J connectivity index is 1.75. The number of aromatic amines is 1. The number of aromatic nitrogens is 3. The maximum atomic E-state index is 6.14. The summed E-state index contributed by atoms with van der Waals surface area (Å²) >= 11 is 7.72. The van der Waals surface area contributed by atoms with Crippen molar-refractivity contribution in [2.75, 3.05) is 5.32 Å². The van der Waals surface area contributed by atoms with Crippen LogP contribution in [0.15, 0.2) is 36.4 Å². The number of fused-ring (bicyclic) bond motifs is 2. The summed E-state index contributed by atoms with van der Waals surface area (Å²) < 4.78 is 1.11. The highest BCUT2D eigenvalue weighted by Crippen LogP contribution is 2.32. The molecule has 6 heteroatoms. The maximum absolute atomic E-state index is 6.14. The van der Waals surface area contributed by atoms with Gasteiger partial charge in [-0.05, 0) is 36.8 Å². The first-order chi connectivity index (χ1) is 10.2. The van der Waals surface area contributed by atoms with Crippen LogP contribution in [0.25, 0.3) is 21.3 Å². The molecule has 0 amide bonds. The first kappa shape index (κ1) is 12.6. The molecule has 2 heterocycles. The smallest absolute Gasteiger partial charge is 0.207 e. The fourth-order valence-corrected chi connectivity index (χ4v) is 3.34. The molecule has 0 saturated carbocycles. The molecule has 4 nitrogen and oxygen atoms in total. The second-order valence-corrected chi connectivity index (χ2v) is 6.20. The number of benzene rings is 2. The third-order valence-electron chi connectivity index (χ3n) is 3.36. The van der Waals surface area contributed by atoms with Crippen molar-refractivity contribution in [3.05, 3.63) is 47.0 Å². The SMILES string of the molecule is Cc1c(Cl)ccc2sc(Nc3nc4ccccc4[nH]3)nc12. The van der Waals surface area contributed by atoms with Crippen LogP contribution < -0.4 is 5.32 Å². The summed E-state index contributed by atoms with van der Waals surface area (Å²) in [7, 11) is 0. The summed E-state index contributed by atoms with van der Waals surface area (Å²) in [6.07, 6.45) is 0. The van der Waals surface area contributed by atoms with E-state index in [9.17, 15) is 0 Å². The molecule has 2 aromatic heterocycles. The molecule has 2 aromatic carbocycles. The molecule has 0 aliphatic rings. The second kappa shape index (κ2) is 4.72. The van der Waals surface area contributed by atoms with Crippen LogP contribution in [0.3, 0.4) is 0 Å². The van der Waals surface area contributed by atoms with Gasteiger partial charge in [0.05, 0.1) is 21.3 Å². The Morgan fingerprint density at radius 2 is 2.00 bits per heavy atom. The van der Waals surface area contributed by atoms with Gasteiger partial charge in [0.15, 0.2) is 5.13 Å². The first-order valence-corrected chi connectivity index (χ1v) is 7.67. The topological polar surface area (TPSA) is 53.6 Å². The molecule has 21 heavy (non-hydrogen) atoms. The minimum atomic E-state index is 0.694. The molecule has 0 spiro atoms. The van der Waals surface area contributed by atoms with E-state index in [0.29, 0.717) is 5.95 Å². The Hall–Kier alpha value is -2.11. The van der Waals surface area contributed by atoms with Crippen LogP contribution in [0, 0.1) is 6.92 Å². The third kappa shape index (κ3) is 2.14. The predicted octanol–water partition coefficient (Wildman–Crippen LogP) is 4.88. The van der Waals surface area contributed by atoms with E-state index in [4.69, 9.17) is 11.6 Å². The number of para-hydroxylation sites is 2. The number of nitrogens with one attached hydrogen (secondary N) is 2. The Labute approximate surface area is 129 Å².